The second-order valence-electron chi connectivity index (χ2n) is 5.51. The van der Waals surface area contributed by atoms with Crippen molar-refractivity contribution >= 4 is 33.1 Å². The maximum Gasteiger partial charge on any atom is 0.255 e. The number of aryl methyl sites for hydroxylation is 1. The highest BCUT2D eigenvalue weighted by Crippen LogP contribution is 2.25. The van der Waals surface area contributed by atoms with Gasteiger partial charge in [-0.1, -0.05) is 6.07 Å². The van der Waals surface area contributed by atoms with Gasteiger partial charge in [0, 0.05) is 29.3 Å². The fraction of sp³-hybridized carbons (Fsp3) is 0.0526. The van der Waals surface area contributed by atoms with Gasteiger partial charge in [-0.15, -0.1) is 11.3 Å². The Labute approximate surface area is 143 Å². The minimum atomic E-state index is -0.121. The molecule has 0 aliphatic rings. The molecule has 2 aromatic heterocycles. The summed E-state index contributed by atoms with van der Waals surface area (Å²) in [5.41, 5.74) is 3.33. The molecule has 4 nitrogen and oxygen atoms in total. The standard InChI is InChI=1S/C19H15N3OS/c1-13-20-17-8-7-15(12-18(17)24-13)21-19(23)14-5-4-6-16(11-14)22-9-2-3-10-22/h2-12H,1H3,(H,21,23). The van der Waals surface area contributed by atoms with E-state index in [4.69, 9.17) is 0 Å². The molecular formula is C19H15N3OS. The lowest BCUT2D eigenvalue weighted by Crippen LogP contribution is -2.12. The van der Waals surface area contributed by atoms with Crippen molar-refractivity contribution in [2.24, 2.45) is 0 Å². The zero-order valence-electron chi connectivity index (χ0n) is 13.1. The van der Waals surface area contributed by atoms with E-state index in [1.165, 1.54) is 0 Å². The van der Waals surface area contributed by atoms with Crippen LogP contribution in [0.15, 0.2) is 67.0 Å². The molecule has 118 valence electrons. The van der Waals surface area contributed by atoms with Gasteiger partial charge in [0.25, 0.3) is 5.91 Å². The van der Waals surface area contributed by atoms with Crippen LogP contribution in [0.25, 0.3) is 15.9 Å². The van der Waals surface area contributed by atoms with E-state index in [2.05, 4.69) is 10.3 Å². The Hall–Kier alpha value is -2.92. The highest BCUT2D eigenvalue weighted by molar-refractivity contribution is 7.18. The number of amides is 1. The van der Waals surface area contributed by atoms with E-state index in [0.29, 0.717) is 5.56 Å². The van der Waals surface area contributed by atoms with E-state index in [1.807, 2.05) is 78.5 Å². The maximum absolute atomic E-state index is 12.5. The van der Waals surface area contributed by atoms with E-state index in [-0.39, 0.29) is 5.91 Å². The van der Waals surface area contributed by atoms with Gasteiger partial charge in [0.2, 0.25) is 0 Å². The van der Waals surface area contributed by atoms with Crippen molar-refractivity contribution in [1.82, 2.24) is 9.55 Å². The summed E-state index contributed by atoms with van der Waals surface area (Å²) in [4.78, 5) is 17.0. The molecule has 1 N–H and O–H groups in total. The van der Waals surface area contributed by atoms with Crippen LogP contribution in [-0.4, -0.2) is 15.5 Å². The topological polar surface area (TPSA) is 46.9 Å². The third-order valence-electron chi connectivity index (χ3n) is 3.76. The van der Waals surface area contributed by atoms with E-state index in [1.54, 1.807) is 11.3 Å². The second-order valence-corrected chi connectivity index (χ2v) is 6.74. The van der Waals surface area contributed by atoms with Crippen LogP contribution in [0, 0.1) is 6.92 Å². The molecule has 0 aliphatic heterocycles. The fourth-order valence-corrected chi connectivity index (χ4v) is 3.50. The maximum atomic E-state index is 12.5. The zero-order valence-corrected chi connectivity index (χ0v) is 13.9. The summed E-state index contributed by atoms with van der Waals surface area (Å²) in [5, 5.41) is 3.98. The molecule has 2 heterocycles. The van der Waals surface area contributed by atoms with E-state index < -0.39 is 0 Å². The van der Waals surface area contributed by atoms with Gasteiger partial charge in [-0.05, 0) is 55.5 Å². The number of aromatic nitrogens is 2. The number of hydrogen-bond donors (Lipinski definition) is 1. The summed E-state index contributed by atoms with van der Waals surface area (Å²) in [7, 11) is 0. The number of anilines is 1. The first-order valence-corrected chi connectivity index (χ1v) is 8.43. The molecule has 0 fully saturated rings. The molecule has 0 unspecified atom stereocenters. The number of rotatable bonds is 3. The van der Waals surface area contributed by atoms with Crippen molar-refractivity contribution in [1.29, 1.82) is 0 Å². The van der Waals surface area contributed by atoms with Crippen LogP contribution < -0.4 is 5.32 Å². The number of thiazole rings is 1. The van der Waals surface area contributed by atoms with Gasteiger partial charge in [0.15, 0.2) is 0 Å². The van der Waals surface area contributed by atoms with Crippen LogP contribution in [0.3, 0.4) is 0 Å². The Kier molecular flexibility index (Phi) is 3.63. The van der Waals surface area contributed by atoms with Gasteiger partial charge in [-0.25, -0.2) is 4.98 Å². The number of fused-ring (bicyclic) bond motifs is 1. The molecule has 0 saturated carbocycles. The molecule has 0 bridgehead atoms. The van der Waals surface area contributed by atoms with Gasteiger partial charge in [0.05, 0.1) is 15.2 Å². The number of benzene rings is 2. The Morgan fingerprint density at radius 3 is 2.75 bits per heavy atom. The van der Waals surface area contributed by atoms with E-state index in [0.717, 1.165) is 26.6 Å². The minimum absolute atomic E-state index is 0.121. The van der Waals surface area contributed by atoms with Gasteiger partial charge in [-0.3, -0.25) is 4.79 Å². The van der Waals surface area contributed by atoms with Gasteiger partial charge in [0.1, 0.15) is 0 Å². The Bertz CT molecular complexity index is 1020. The van der Waals surface area contributed by atoms with Crippen molar-refractivity contribution in [3.8, 4) is 5.69 Å². The molecule has 0 radical (unpaired) electrons. The molecule has 24 heavy (non-hydrogen) atoms. The summed E-state index contributed by atoms with van der Waals surface area (Å²) in [5.74, 6) is -0.121. The summed E-state index contributed by atoms with van der Waals surface area (Å²) in [6.45, 7) is 1.98. The lowest BCUT2D eigenvalue weighted by Gasteiger charge is -2.08. The van der Waals surface area contributed by atoms with Crippen LogP contribution in [-0.2, 0) is 0 Å². The molecule has 0 spiro atoms. The van der Waals surface area contributed by atoms with Crippen molar-refractivity contribution in [3.63, 3.8) is 0 Å². The van der Waals surface area contributed by atoms with Crippen molar-refractivity contribution in [3.05, 3.63) is 77.6 Å². The number of nitrogens with zero attached hydrogens (tertiary/aromatic N) is 2. The third kappa shape index (κ3) is 2.81. The first kappa shape index (κ1) is 14.7. The average Bonchev–Trinajstić information content (AvgIpc) is 3.23. The molecule has 0 aliphatic carbocycles. The predicted molar refractivity (Wildman–Crippen MR) is 98.1 cm³/mol. The third-order valence-corrected chi connectivity index (χ3v) is 4.70. The summed E-state index contributed by atoms with van der Waals surface area (Å²) >= 11 is 1.62. The van der Waals surface area contributed by atoms with Crippen molar-refractivity contribution in [2.45, 2.75) is 6.92 Å². The molecule has 0 atom stereocenters. The molecule has 4 aromatic rings. The van der Waals surface area contributed by atoms with Crippen molar-refractivity contribution < 1.29 is 4.79 Å². The molecule has 4 rings (SSSR count). The van der Waals surface area contributed by atoms with Gasteiger partial charge >= 0.3 is 0 Å². The summed E-state index contributed by atoms with van der Waals surface area (Å²) < 4.78 is 3.05. The van der Waals surface area contributed by atoms with Crippen molar-refractivity contribution in [2.75, 3.05) is 5.32 Å². The second kappa shape index (κ2) is 5.94. The molecule has 2 aromatic carbocycles. The number of hydrogen-bond acceptors (Lipinski definition) is 3. The predicted octanol–water partition coefficient (Wildman–Crippen LogP) is 4.65. The van der Waals surface area contributed by atoms with Gasteiger partial charge < -0.3 is 9.88 Å². The van der Waals surface area contributed by atoms with Crippen LogP contribution in [0.5, 0.6) is 0 Å². The average molecular weight is 333 g/mol. The van der Waals surface area contributed by atoms with Crippen LogP contribution in [0.1, 0.15) is 15.4 Å². The molecule has 0 saturated heterocycles. The van der Waals surface area contributed by atoms with Gasteiger partial charge in [-0.2, -0.15) is 0 Å². The first-order valence-electron chi connectivity index (χ1n) is 7.61. The molecule has 1 amide bonds. The molecular weight excluding hydrogens is 318 g/mol. The quantitative estimate of drug-likeness (QED) is 0.593. The normalized spacial score (nSPS) is 10.9. The Balaban J connectivity index is 1.60. The van der Waals surface area contributed by atoms with Crippen LogP contribution in [0.4, 0.5) is 5.69 Å². The first-order chi connectivity index (χ1) is 11.7. The largest absolute Gasteiger partial charge is 0.324 e. The number of carbonyl (C=O) groups is 1. The number of nitrogens with one attached hydrogen (secondary N) is 1. The van der Waals surface area contributed by atoms with Crippen LogP contribution in [0.2, 0.25) is 0 Å². The monoisotopic (exact) mass is 333 g/mol. The lowest BCUT2D eigenvalue weighted by atomic mass is 10.2. The zero-order chi connectivity index (χ0) is 16.5. The number of carbonyl (C=O) groups excluding carboxylic acids is 1. The summed E-state index contributed by atoms with van der Waals surface area (Å²) in [6.07, 6.45) is 3.91. The minimum Gasteiger partial charge on any atom is -0.324 e. The summed E-state index contributed by atoms with van der Waals surface area (Å²) in [6, 6.07) is 17.3. The highest BCUT2D eigenvalue weighted by atomic mass is 32.1. The van der Waals surface area contributed by atoms with E-state index in [9.17, 15) is 4.79 Å². The smallest absolute Gasteiger partial charge is 0.255 e. The van der Waals surface area contributed by atoms with Crippen LogP contribution >= 0.6 is 11.3 Å². The molecule has 5 heteroatoms. The van der Waals surface area contributed by atoms with E-state index >= 15 is 0 Å². The SMILES string of the molecule is Cc1nc2ccc(NC(=O)c3cccc(-n4cccc4)c3)cc2s1. The Morgan fingerprint density at radius 2 is 1.92 bits per heavy atom. The fourth-order valence-electron chi connectivity index (χ4n) is 2.64. The highest BCUT2D eigenvalue weighted by Gasteiger charge is 2.09. The lowest BCUT2D eigenvalue weighted by molar-refractivity contribution is 0.102. The Morgan fingerprint density at radius 1 is 1.08 bits per heavy atom.